The molecule has 0 aromatic carbocycles. The smallest absolute Gasteiger partial charge is 0.306 e. The van der Waals surface area contributed by atoms with E-state index in [1.807, 2.05) is 0 Å². The number of allylic oxidation sites excluding steroid dienone is 12. The lowest BCUT2D eigenvalue weighted by molar-refractivity contribution is -0.167. The number of hydrogen-bond acceptors (Lipinski definition) is 6. The maximum Gasteiger partial charge on any atom is 0.306 e. The van der Waals surface area contributed by atoms with Gasteiger partial charge in [0.1, 0.15) is 13.2 Å². The second kappa shape index (κ2) is 60.4. The van der Waals surface area contributed by atoms with Crippen molar-refractivity contribution in [2.45, 2.75) is 316 Å². The van der Waals surface area contributed by atoms with Gasteiger partial charge in [-0.2, -0.15) is 0 Å². The highest BCUT2D eigenvalue weighted by Crippen LogP contribution is 2.16. The van der Waals surface area contributed by atoms with Gasteiger partial charge in [-0.3, -0.25) is 14.4 Å². The summed E-state index contributed by atoms with van der Waals surface area (Å²) < 4.78 is 16.9. The Morgan fingerprint density at radius 1 is 0.278 bits per heavy atom. The van der Waals surface area contributed by atoms with Crippen molar-refractivity contribution in [1.29, 1.82) is 0 Å². The number of carbonyl (C=O) groups excluding carboxylic acids is 3. The molecule has 0 aromatic rings. The molecule has 6 nitrogen and oxygen atoms in total. The van der Waals surface area contributed by atoms with Crippen LogP contribution in [0.25, 0.3) is 0 Å². The van der Waals surface area contributed by atoms with E-state index in [4.69, 9.17) is 14.2 Å². The van der Waals surface area contributed by atoms with E-state index in [2.05, 4.69) is 93.7 Å². The highest BCUT2D eigenvalue weighted by molar-refractivity contribution is 5.71. The molecule has 6 heteroatoms. The number of ether oxygens (including phenoxy) is 3. The van der Waals surface area contributed by atoms with Crippen molar-refractivity contribution < 1.29 is 28.6 Å². The second-order valence-corrected chi connectivity index (χ2v) is 20.6. The largest absolute Gasteiger partial charge is 0.462 e. The lowest BCUT2D eigenvalue weighted by Crippen LogP contribution is -2.30. The van der Waals surface area contributed by atoms with Gasteiger partial charge < -0.3 is 14.2 Å². The SMILES string of the molecule is CCC/C=C\CCCCCCCC(=O)OCC(COC(=O)CCCCCCCCCC/C=C\C/C=C\C/C=C\CCCCCCC)OC(=O)CCCCCCCCCCC/C=C\C/C=C\CCCCCCC. The third-order valence-corrected chi connectivity index (χ3v) is 13.4. The summed E-state index contributed by atoms with van der Waals surface area (Å²) in [7, 11) is 0. The van der Waals surface area contributed by atoms with Crippen LogP contribution in [-0.2, 0) is 28.6 Å². The minimum atomic E-state index is -0.784. The first-order valence-electron chi connectivity index (χ1n) is 30.9. The Labute approximate surface area is 446 Å². The molecule has 72 heavy (non-hydrogen) atoms. The van der Waals surface area contributed by atoms with Crippen LogP contribution in [0.5, 0.6) is 0 Å². The molecule has 0 N–H and O–H groups in total. The molecule has 0 aliphatic rings. The third-order valence-electron chi connectivity index (χ3n) is 13.4. The molecule has 0 aromatic heterocycles. The van der Waals surface area contributed by atoms with E-state index in [-0.39, 0.29) is 31.1 Å². The molecule has 0 aliphatic heterocycles. The van der Waals surface area contributed by atoms with Crippen LogP contribution in [0.15, 0.2) is 72.9 Å². The highest BCUT2D eigenvalue weighted by Gasteiger charge is 2.19. The lowest BCUT2D eigenvalue weighted by Gasteiger charge is -2.18. The summed E-state index contributed by atoms with van der Waals surface area (Å²) >= 11 is 0. The van der Waals surface area contributed by atoms with E-state index in [0.29, 0.717) is 19.3 Å². The molecule has 0 spiro atoms. The molecule has 0 saturated carbocycles. The van der Waals surface area contributed by atoms with Crippen molar-refractivity contribution in [2.24, 2.45) is 0 Å². The third kappa shape index (κ3) is 57.7. The fourth-order valence-electron chi connectivity index (χ4n) is 8.72. The van der Waals surface area contributed by atoms with E-state index in [0.717, 1.165) is 96.3 Å². The van der Waals surface area contributed by atoms with Gasteiger partial charge in [0, 0.05) is 19.3 Å². The zero-order valence-corrected chi connectivity index (χ0v) is 47.7. The van der Waals surface area contributed by atoms with Crippen molar-refractivity contribution in [1.82, 2.24) is 0 Å². The standard InChI is InChI=1S/C66H116O6/c1-4-7-10-13-16-19-22-24-26-28-30-32-33-35-36-38-40-42-44-47-50-53-56-59-65(68)71-62-63(61-70-64(67)58-55-52-49-46-21-18-15-12-9-6-3)72-66(69)60-57-54-51-48-45-43-41-39-37-34-31-29-27-25-23-20-17-14-11-8-5-2/h12,15,22-25,28-31,33,35,63H,4-11,13-14,16-21,26-27,32,34,36-62H2,1-3H3/b15-12-,24-22-,25-23-,30-28-,31-29-,35-33-. The first-order valence-corrected chi connectivity index (χ1v) is 30.9. The van der Waals surface area contributed by atoms with Gasteiger partial charge in [-0.15, -0.1) is 0 Å². The summed E-state index contributed by atoms with van der Waals surface area (Å²) in [5.74, 6) is -0.895. The van der Waals surface area contributed by atoms with E-state index >= 15 is 0 Å². The van der Waals surface area contributed by atoms with Gasteiger partial charge in [-0.05, 0) is 109 Å². The van der Waals surface area contributed by atoms with Gasteiger partial charge in [0.05, 0.1) is 0 Å². The minimum Gasteiger partial charge on any atom is -0.462 e. The van der Waals surface area contributed by atoms with Crippen LogP contribution in [0.3, 0.4) is 0 Å². The summed E-state index contributed by atoms with van der Waals surface area (Å²) in [6.45, 7) is 6.56. The van der Waals surface area contributed by atoms with Crippen LogP contribution >= 0.6 is 0 Å². The van der Waals surface area contributed by atoms with Gasteiger partial charge in [-0.25, -0.2) is 0 Å². The molecule has 0 radical (unpaired) electrons. The molecule has 1 unspecified atom stereocenters. The quantitative estimate of drug-likeness (QED) is 0.0261. The van der Waals surface area contributed by atoms with Crippen molar-refractivity contribution in [3.8, 4) is 0 Å². The van der Waals surface area contributed by atoms with Crippen molar-refractivity contribution in [3.05, 3.63) is 72.9 Å². The molecule has 0 fully saturated rings. The molecular formula is C66H116O6. The van der Waals surface area contributed by atoms with Gasteiger partial charge in [0.25, 0.3) is 0 Å². The van der Waals surface area contributed by atoms with E-state index in [1.54, 1.807) is 0 Å². The number of unbranched alkanes of at least 4 members (excludes halogenated alkanes) is 33. The number of hydrogen-bond donors (Lipinski definition) is 0. The summed E-state index contributed by atoms with van der Waals surface area (Å²) in [6.07, 6.45) is 77.6. The molecule has 0 bridgehead atoms. The Morgan fingerprint density at radius 2 is 0.528 bits per heavy atom. The molecule has 0 aliphatic carbocycles. The molecule has 1 atom stereocenters. The first kappa shape index (κ1) is 68.8. The van der Waals surface area contributed by atoms with Crippen molar-refractivity contribution in [2.75, 3.05) is 13.2 Å². The van der Waals surface area contributed by atoms with Crippen LogP contribution in [0, 0.1) is 0 Å². The summed E-state index contributed by atoms with van der Waals surface area (Å²) in [6, 6.07) is 0. The molecule has 0 amide bonds. The zero-order valence-electron chi connectivity index (χ0n) is 47.7. The van der Waals surface area contributed by atoms with E-state index in [9.17, 15) is 14.4 Å². The van der Waals surface area contributed by atoms with Gasteiger partial charge in [0.15, 0.2) is 6.10 Å². The van der Waals surface area contributed by atoms with Crippen LogP contribution in [-0.4, -0.2) is 37.2 Å². The average molecular weight is 1010 g/mol. The fourth-order valence-corrected chi connectivity index (χ4v) is 8.72. The topological polar surface area (TPSA) is 78.9 Å². The van der Waals surface area contributed by atoms with Crippen molar-refractivity contribution in [3.63, 3.8) is 0 Å². The first-order chi connectivity index (χ1) is 35.5. The summed E-state index contributed by atoms with van der Waals surface area (Å²) in [5.41, 5.74) is 0. The molecule has 0 saturated heterocycles. The molecule has 0 rings (SSSR count). The predicted octanol–water partition coefficient (Wildman–Crippen LogP) is 20.9. The Hall–Kier alpha value is -3.15. The van der Waals surface area contributed by atoms with Crippen LogP contribution in [0.2, 0.25) is 0 Å². The van der Waals surface area contributed by atoms with Crippen LogP contribution in [0.1, 0.15) is 310 Å². The highest BCUT2D eigenvalue weighted by atomic mass is 16.6. The summed E-state index contributed by atoms with van der Waals surface area (Å²) in [5, 5.41) is 0. The predicted molar refractivity (Wildman–Crippen MR) is 311 cm³/mol. The maximum absolute atomic E-state index is 12.9. The number of rotatable bonds is 56. The Morgan fingerprint density at radius 3 is 0.847 bits per heavy atom. The monoisotopic (exact) mass is 1000 g/mol. The van der Waals surface area contributed by atoms with E-state index < -0.39 is 6.10 Å². The maximum atomic E-state index is 12.9. The van der Waals surface area contributed by atoms with Crippen LogP contribution in [0.4, 0.5) is 0 Å². The lowest BCUT2D eigenvalue weighted by atomic mass is 10.1. The zero-order chi connectivity index (χ0) is 52.2. The average Bonchev–Trinajstić information content (AvgIpc) is 3.38. The van der Waals surface area contributed by atoms with E-state index in [1.165, 1.54) is 173 Å². The normalized spacial score (nSPS) is 12.5. The van der Waals surface area contributed by atoms with Crippen LogP contribution < -0.4 is 0 Å². The molecule has 0 heterocycles. The van der Waals surface area contributed by atoms with Gasteiger partial charge in [-0.1, -0.05) is 254 Å². The minimum absolute atomic E-state index is 0.0830. The van der Waals surface area contributed by atoms with Gasteiger partial charge in [0.2, 0.25) is 0 Å². The Balaban J connectivity index is 4.29. The fraction of sp³-hybridized carbons (Fsp3) is 0.773. The van der Waals surface area contributed by atoms with Crippen molar-refractivity contribution >= 4 is 17.9 Å². The Kier molecular flexibility index (Phi) is 57.8. The number of carbonyl (C=O) groups is 3. The second-order valence-electron chi connectivity index (χ2n) is 20.6. The van der Waals surface area contributed by atoms with Gasteiger partial charge >= 0.3 is 17.9 Å². The number of esters is 3. The Bertz CT molecular complexity index is 1340. The molecular weight excluding hydrogens is 889 g/mol. The molecule has 416 valence electrons. The summed E-state index contributed by atoms with van der Waals surface area (Å²) in [4.78, 5) is 38.2.